The van der Waals surface area contributed by atoms with Gasteiger partial charge in [0.15, 0.2) is 5.69 Å². The highest BCUT2D eigenvalue weighted by atomic mass is 19.1. The average molecular weight is 428 g/mol. The summed E-state index contributed by atoms with van der Waals surface area (Å²) in [5.41, 5.74) is 2.29. The minimum atomic E-state index is -0.910. The summed E-state index contributed by atoms with van der Waals surface area (Å²) in [5.74, 6) is -0.242. The summed E-state index contributed by atoms with van der Waals surface area (Å²) >= 11 is 0. The number of anilines is 1. The van der Waals surface area contributed by atoms with E-state index in [1.807, 2.05) is 0 Å². The van der Waals surface area contributed by atoms with E-state index in [4.69, 9.17) is 9.37 Å². The van der Waals surface area contributed by atoms with Crippen LogP contribution in [0.1, 0.15) is 27.7 Å². The van der Waals surface area contributed by atoms with Crippen LogP contribution in [0, 0.1) is 17.1 Å². The lowest BCUT2D eigenvalue weighted by molar-refractivity contribution is 0.0960. The number of aromatic nitrogens is 2. The molecule has 7 nitrogen and oxygen atoms in total. The summed E-state index contributed by atoms with van der Waals surface area (Å²) in [6.45, 7) is 0. The van der Waals surface area contributed by atoms with E-state index in [1.165, 1.54) is 24.3 Å². The average Bonchev–Trinajstić information content (AvgIpc) is 3.33. The Labute approximate surface area is 183 Å². The molecule has 1 heterocycles. The number of hydrogen-bond donors (Lipinski definition) is 1. The van der Waals surface area contributed by atoms with Gasteiger partial charge in [-0.1, -0.05) is 30.3 Å². The van der Waals surface area contributed by atoms with Crippen molar-refractivity contribution in [3.8, 4) is 23.1 Å². The Kier molecular flexibility index (Phi) is 5.90. The fourth-order valence-electron chi connectivity index (χ4n) is 3.25. The number of nitriles is 1. The van der Waals surface area contributed by atoms with Crippen molar-refractivity contribution in [2.24, 2.45) is 0 Å². The lowest BCUT2D eigenvalue weighted by Crippen LogP contribution is -2.22. The molecule has 1 unspecified atom stereocenters. The van der Waals surface area contributed by atoms with Gasteiger partial charge in [0.25, 0.3) is 0 Å². The molecule has 0 saturated heterocycles. The minimum Gasteiger partial charge on any atom is -0.497 e. The summed E-state index contributed by atoms with van der Waals surface area (Å²) in [6, 6.07) is 20.5. The van der Waals surface area contributed by atoms with E-state index in [0.29, 0.717) is 28.1 Å². The number of methoxy groups -OCH3 is 1. The Balaban J connectivity index is 1.75. The number of carbonyl (C=O) groups excluding carboxylic acids is 1. The molecule has 0 aliphatic rings. The van der Waals surface area contributed by atoms with Crippen molar-refractivity contribution in [3.63, 3.8) is 0 Å². The molecule has 4 aromatic rings. The third-order valence-electron chi connectivity index (χ3n) is 4.83. The first kappa shape index (κ1) is 20.8. The molecule has 3 aromatic carbocycles. The van der Waals surface area contributed by atoms with Gasteiger partial charge in [-0.05, 0) is 52.3 Å². The lowest BCUT2D eigenvalue weighted by atomic mass is 9.97. The van der Waals surface area contributed by atoms with Crippen LogP contribution in [0.25, 0.3) is 11.3 Å². The number of carbonyl (C=O) groups is 1. The van der Waals surface area contributed by atoms with Gasteiger partial charge >= 0.3 is 0 Å². The van der Waals surface area contributed by atoms with Gasteiger partial charge in [-0.15, -0.1) is 0 Å². The van der Waals surface area contributed by atoms with Crippen LogP contribution in [0.5, 0.6) is 5.75 Å². The highest BCUT2D eigenvalue weighted by Crippen LogP contribution is 2.29. The first-order chi connectivity index (χ1) is 15.6. The molecule has 1 atom stereocenters. The van der Waals surface area contributed by atoms with Crippen LogP contribution in [-0.4, -0.2) is 23.2 Å². The number of rotatable bonds is 7. The summed E-state index contributed by atoms with van der Waals surface area (Å²) in [6.07, 6.45) is 0. The Morgan fingerprint density at radius 3 is 2.62 bits per heavy atom. The molecule has 8 heteroatoms. The van der Waals surface area contributed by atoms with Crippen molar-refractivity contribution < 1.29 is 18.6 Å². The number of nitrogens with one attached hydrogen (secondary N) is 1. The molecule has 158 valence electrons. The van der Waals surface area contributed by atoms with Gasteiger partial charge < -0.3 is 10.1 Å². The number of ether oxygens (including phenoxy) is 1. The maximum absolute atomic E-state index is 13.6. The van der Waals surface area contributed by atoms with Gasteiger partial charge in [0.2, 0.25) is 5.78 Å². The number of benzene rings is 3. The van der Waals surface area contributed by atoms with Crippen LogP contribution in [0.3, 0.4) is 0 Å². The highest BCUT2D eigenvalue weighted by Gasteiger charge is 2.29. The van der Waals surface area contributed by atoms with Gasteiger partial charge in [-0.2, -0.15) is 5.26 Å². The van der Waals surface area contributed by atoms with Crippen LogP contribution >= 0.6 is 0 Å². The summed E-state index contributed by atoms with van der Waals surface area (Å²) in [4.78, 5) is 13.6. The predicted molar refractivity (Wildman–Crippen MR) is 115 cm³/mol. The number of nitrogens with zero attached hydrogens (tertiary/aromatic N) is 3. The molecule has 0 fully saturated rings. The quantitative estimate of drug-likeness (QED) is 0.422. The molecule has 32 heavy (non-hydrogen) atoms. The maximum atomic E-state index is 13.6. The van der Waals surface area contributed by atoms with Crippen molar-refractivity contribution in [3.05, 3.63) is 95.4 Å². The minimum absolute atomic E-state index is 0.00943. The summed E-state index contributed by atoms with van der Waals surface area (Å²) in [5, 5.41) is 20.1. The predicted octanol–water partition coefficient (Wildman–Crippen LogP) is 4.79. The molecule has 1 N–H and O–H groups in total. The number of ketones is 1. The Bertz CT molecular complexity index is 1300. The van der Waals surface area contributed by atoms with Gasteiger partial charge in [-0.25, -0.2) is 9.02 Å². The van der Waals surface area contributed by atoms with Crippen molar-refractivity contribution in [1.29, 1.82) is 5.26 Å². The molecule has 0 amide bonds. The van der Waals surface area contributed by atoms with E-state index in [0.717, 1.165) is 0 Å². The highest BCUT2D eigenvalue weighted by molar-refractivity contribution is 6.04. The second kappa shape index (κ2) is 9.10. The molecule has 1 aromatic heterocycles. The zero-order chi connectivity index (χ0) is 22.5. The van der Waals surface area contributed by atoms with E-state index in [9.17, 15) is 14.4 Å². The van der Waals surface area contributed by atoms with Gasteiger partial charge in [0.1, 0.15) is 23.3 Å². The number of halogens is 1. The first-order valence-electron chi connectivity index (χ1n) is 9.62. The van der Waals surface area contributed by atoms with Crippen LogP contribution in [0.4, 0.5) is 10.1 Å². The molecule has 0 aliphatic carbocycles. The Morgan fingerprint density at radius 1 is 1.09 bits per heavy atom. The van der Waals surface area contributed by atoms with Gasteiger partial charge in [-0.3, -0.25) is 4.79 Å². The molecular formula is C24H17FN4O3. The first-order valence-corrected chi connectivity index (χ1v) is 9.62. The third-order valence-corrected chi connectivity index (χ3v) is 4.83. The van der Waals surface area contributed by atoms with Crippen LogP contribution < -0.4 is 10.1 Å². The van der Waals surface area contributed by atoms with Gasteiger partial charge in [0, 0.05) is 17.3 Å². The van der Waals surface area contributed by atoms with Crippen LogP contribution in [0.2, 0.25) is 0 Å². The zero-order valence-electron chi connectivity index (χ0n) is 16.9. The second-order valence-electron chi connectivity index (χ2n) is 6.88. The van der Waals surface area contributed by atoms with Crippen molar-refractivity contribution in [2.75, 3.05) is 12.4 Å². The topological polar surface area (TPSA) is 101 Å². The molecule has 0 bridgehead atoms. The standard InChI is InChI=1S/C24H17FN4O3/c1-31-20-7-3-6-19(13-20)27-22(16-8-10-18(25)11-9-16)24(30)23-21(28-32-29-23)17-5-2-4-15(12-17)14-26/h2-13,22,27H,1H3. The summed E-state index contributed by atoms with van der Waals surface area (Å²) < 4.78 is 23.6. The molecule has 0 aliphatic heterocycles. The van der Waals surface area contributed by atoms with Crippen molar-refractivity contribution in [1.82, 2.24) is 10.3 Å². The summed E-state index contributed by atoms with van der Waals surface area (Å²) in [7, 11) is 1.55. The van der Waals surface area contributed by atoms with E-state index in [-0.39, 0.29) is 11.4 Å². The maximum Gasteiger partial charge on any atom is 0.213 e. The number of Topliss-reactive ketones (excluding diaryl/α,β-unsaturated/α-hetero) is 1. The Hall–Kier alpha value is -4.51. The third kappa shape index (κ3) is 4.32. The van der Waals surface area contributed by atoms with Gasteiger partial charge in [0.05, 0.1) is 18.7 Å². The lowest BCUT2D eigenvalue weighted by Gasteiger charge is -2.19. The monoisotopic (exact) mass is 428 g/mol. The van der Waals surface area contributed by atoms with E-state index in [2.05, 4.69) is 21.7 Å². The number of hydrogen-bond acceptors (Lipinski definition) is 7. The molecular weight excluding hydrogens is 411 g/mol. The Morgan fingerprint density at radius 2 is 1.88 bits per heavy atom. The van der Waals surface area contributed by atoms with E-state index < -0.39 is 17.6 Å². The molecule has 0 radical (unpaired) electrons. The fraction of sp³-hybridized carbons (Fsp3) is 0.0833. The molecule has 0 saturated carbocycles. The van der Waals surface area contributed by atoms with Crippen LogP contribution in [-0.2, 0) is 0 Å². The fourth-order valence-corrected chi connectivity index (χ4v) is 3.25. The SMILES string of the molecule is COc1cccc(NC(C(=O)c2nonc2-c2cccc(C#N)c2)c2ccc(F)cc2)c1. The molecule has 4 rings (SSSR count). The van der Waals surface area contributed by atoms with E-state index in [1.54, 1.807) is 55.6 Å². The molecule has 0 spiro atoms. The van der Waals surface area contributed by atoms with Crippen LogP contribution in [0.15, 0.2) is 77.4 Å². The normalized spacial score (nSPS) is 11.4. The second-order valence-corrected chi connectivity index (χ2v) is 6.88. The largest absolute Gasteiger partial charge is 0.497 e. The van der Waals surface area contributed by atoms with E-state index >= 15 is 0 Å². The van der Waals surface area contributed by atoms with Crippen molar-refractivity contribution >= 4 is 11.5 Å². The van der Waals surface area contributed by atoms with Crippen molar-refractivity contribution in [2.45, 2.75) is 6.04 Å². The zero-order valence-corrected chi connectivity index (χ0v) is 16.9. The smallest absolute Gasteiger partial charge is 0.213 e.